The molecule has 0 saturated carbocycles. The van der Waals surface area contributed by atoms with E-state index >= 15 is 0 Å². The Bertz CT molecular complexity index is 899. The fourth-order valence-corrected chi connectivity index (χ4v) is 3.14. The Morgan fingerprint density at radius 2 is 2.04 bits per heavy atom. The molecular weight excluding hydrogens is 369 g/mol. The van der Waals surface area contributed by atoms with Crippen LogP contribution in [0.15, 0.2) is 57.8 Å². The van der Waals surface area contributed by atoms with Crippen LogP contribution in [0.4, 0.5) is 10.4 Å². The number of methoxy groups -OCH3 is 1. The van der Waals surface area contributed by atoms with Gasteiger partial charge in [-0.1, -0.05) is 11.2 Å². The molecule has 0 unspecified atom stereocenters. The van der Waals surface area contributed by atoms with Crippen molar-refractivity contribution >= 4 is 23.7 Å². The second kappa shape index (κ2) is 9.18. The van der Waals surface area contributed by atoms with Crippen LogP contribution in [0, 0.1) is 5.82 Å². The van der Waals surface area contributed by atoms with Gasteiger partial charge in [0.2, 0.25) is 11.8 Å². The quantitative estimate of drug-likeness (QED) is 0.456. The third-order valence-corrected chi connectivity index (χ3v) is 4.72. The van der Waals surface area contributed by atoms with Crippen LogP contribution in [-0.2, 0) is 4.79 Å². The van der Waals surface area contributed by atoms with Crippen molar-refractivity contribution in [2.24, 2.45) is 0 Å². The first kappa shape index (κ1) is 18.9. The van der Waals surface area contributed by atoms with Gasteiger partial charge >= 0.3 is 6.01 Å². The Kier molecular flexibility index (Phi) is 6.43. The zero-order valence-electron chi connectivity index (χ0n) is 14.6. The minimum atomic E-state index is -0.398. The van der Waals surface area contributed by atoms with Gasteiger partial charge in [0, 0.05) is 16.9 Å². The van der Waals surface area contributed by atoms with Gasteiger partial charge < -0.3 is 9.15 Å². The van der Waals surface area contributed by atoms with Gasteiger partial charge in [-0.3, -0.25) is 10.1 Å². The predicted octanol–water partition coefficient (Wildman–Crippen LogP) is 4.40. The second-order valence-electron chi connectivity index (χ2n) is 5.60. The number of nitrogens with zero attached hydrogens (tertiary/aromatic N) is 2. The number of hydrogen-bond donors (Lipinski definition) is 1. The van der Waals surface area contributed by atoms with E-state index < -0.39 is 5.82 Å². The summed E-state index contributed by atoms with van der Waals surface area (Å²) in [5.74, 6) is 1.17. The number of ether oxygens (including phenoxy) is 1. The lowest BCUT2D eigenvalue weighted by atomic mass is 10.2. The summed E-state index contributed by atoms with van der Waals surface area (Å²) in [7, 11) is 1.63. The summed E-state index contributed by atoms with van der Waals surface area (Å²) in [6, 6.07) is 13.6. The molecule has 0 aliphatic rings. The average Bonchev–Trinajstić information content (AvgIpc) is 3.14. The average molecular weight is 387 g/mol. The van der Waals surface area contributed by atoms with E-state index in [1.54, 1.807) is 31.0 Å². The molecule has 2 aromatic carbocycles. The summed E-state index contributed by atoms with van der Waals surface area (Å²) in [6.07, 6.45) is 1.04. The zero-order valence-corrected chi connectivity index (χ0v) is 15.5. The first-order valence-electron chi connectivity index (χ1n) is 8.30. The van der Waals surface area contributed by atoms with Crippen LogP contribution in [0.25, 0.3) is 11.5 Å². The van der Waals surface area contributed by atoms with E-state index in [4.69, 9.17) is 9.15 Å². The molecule has 27 heavy (non-hydrogen) atoms. The van der Waals surface area contributed by atoms with Crippen LogP contribution in [-0.4, -0.2) is 29.0 Å². The van der Waals surface area contributed by atoms with E-state index in [0.717, 1.165) is 16.4 Å². The lowest BCUT2D eigenvalue weighted by Crippen LogP contribution is -2.11. The number of nitrogens with one attached hydrogen (secondary N) is 1. The van der Waals surface area contributed by atoms with Crippen molar-refractivity contribution in [3.05, 3.63) is 54.3 Å². The molecule has 0 fully saturated rings. The molecule has 0 bridgehead atoms. The van der Waals surface area contributed by atoms with E-state index in [1.165, 1.54) is 12.1 Å². The molecule has 0 atom stereocenters. The number of amides is 1. The number of carbonyl (C=O) groups is 1. The summed E-state index contributed by atoms with van der Waals surface area (Å²) in [5.41, 5.74) is 0.457. The maximum Gasteiger partial charge on any atom is 0.322 e. The van der Waals surface area contributed by atoms with Crippen LogP contribution in [0.2, 0.25) is 0 Å². The Morgan fingerprint density at radius 1 is 1.22 bits per heavy atom. The van der Waals surface area contributed by atoms with Gasteiger partial charge in [0.25, 0.3) is 0 Å². The maximum atomic E-state index is 13.2. The van der Waals surface area contributed by atoms with E-state index in [0.29, 0.717) is 18.4 Å². The summed E-state index contributed by atoms with van der Waals surface area (Å²) >= 11 is 1.67. The first-order valence-corrected chi connectivity index (χ1v) is 9.29. The Labute approximate surface area is 160 Å². The summed E-state index contributed by atoms with van der Waals surface area (Å²) in [5, 5.41) is 10.1. The van der Waals surface area contributed by atoms with Gasteiger partial charge in [0.1, 0.15) is 11.6 Å². The monoisotopic (exact) mass is 387 g/mol. The van der Waals surface area contributed by atoms with Gasteiger partial charge in [-0.05, 0) is 54.6 Å². The number of aromatic nitrogens is 2. The maximum absolute atomic E-state index is 13.2. The number of thioether (sulfide) groups is 1. The lowest BCUT2D eigenvalue weighted by Gasteiger charge is -2.03. The smallest absolute Gasteiger partial charge is 0.322 e. The normalized spacial score (nSPS) is 10.6. The van der Waals surface area contributed by atoms with Crippen LogP contribution in [0.1, 0.15) is 12.8 Å². The number of carbonyl (C=O) groups excluding carboxylic acids is 1. The zero-order chi connectivity index (χ0) is 19.1. The van der Waals surface area contributed by atoms with Crippen molar-refractivity contribution < 1.29 is 18.3 Å². The van der Waals surface area contributed by atoms with Gasteiger partial charge in [0.15, 0.2) is 0 Å². The highest BCUT2D eigenvalue weighted by Crippen LogP contribution is 2.23. The molecule has 6 nitrogen and oxygen atoms in total. The molecule has 0 aliphatic heterocycles. The van der Waals surface area contributed by atoms with Crippen molar-refractivity contribution in [1.29, 1.82) is 0 Å². The van der Waals surface area contributed by atoms with Gasteiger partial charge in [0.05, 0.1) is 7.11 Å². The molecule has 0 spiro atoms. The van der Waals surface area contributed by atoms with Gasteiger partial charge in [-0.25, -0.2) is 4.39 Å². The summed E-state index contributed by atoms with van der Waals surface area (Å²) in [4.78, 5) is 13.1. The van der Waals surface area contributed by atoms with Crippen LogP contribution in [0.5, 0.6) is 5.75 Å². The van der Waals surface area contributed by atoms with Crippen LogP contribution in [0.3, 0.4) is 0 Å². The summed E-state index contributed by atoms with van der Waals surface area (Å²) in [6.45, 7) is 0. The molecule has 3 aromatic rings. The van der Waals surface area contributed by atoms with E-state index in [1.807, 2.05) is 24.3 Å². The van der Waals surface area contributed by atoms with Gasteiger partial charge in [-0.2, -0.15) is 0 Å². The molecule has 0 radical (unpaired) electrons. The highest BCUT2D eigenvalue weighted by atomic mass is 32.2. The molecule has 0 aliphatic carbocycles. The molecule has 1 amide bonds. The molecule has 0 saturated heterocycles. The third kappa shape index (κ3) is 5.55. The molecule has 1 aromatic heterocycles. The Morgan fingerprint density at radius 3 is 2.78 bits per heavy atom. The van der Waals surface area contributed by atoms with Crippen molar-refractivity contribution in [3.8, 4) is 17.2 Å². The number of rotatable bonds is 8. The fourth-order valence-electron chi connectivity index (χ4n) is 2.29. The summed E-state index contributed by atoms with van der Waals surface area (Å²) < 4.78 is 23.7. The highest BCUT2D eigenvalue weighted by Gasteiger charge is 2.11. The van der Waals surface area contributed by atoms with Gasteiger partial charge in [-0.15, -0.1) is 16.9 Å². The number of benzene rings is 2. The molecule has 1 heterocycles. The molecule has 3 rings (SSSR count). The minimum absolute atomic E-state index is 0.00192. The SMILES string of the molecule is COc1ccc(SCCCC(=O)Nc2nnc(-c3cccc(F)c3)o2)cc1. The number of hydrogen-bond acceptors (Lipinski definition) is 6. The molecule has 140 valence electrons. The Balaban J connectivity index is 1.43. The van der Waals surface area contributed by atoms with Crippen LogP contribution >= 0.6 is 11.8 Å². The van der Waals surface area contributed by atoms with Crippen molar-refractivity contribution in [2.75, 3.05) is 18.2 Å². The largest absolute Gasteiger partial charge is 0.497 e. The van der Waals surface area contributed by atoms with Crippen molar-refractivity contribution in [1.82, 2.24) is 10.2 Å². The van der Waals surface area contributed by atoms with Crippen molar-refractivity contribution in [2.45, 2.75) is 17.7 Å². The highest BCUT2D eigenvalue weighted by molar-refractivity contribution is 7.99. The Hall–Kier alpha value is -2.87. The number of halogens is 1. The number of anilines is 1. The topological polar surface area (TPSA) is 77.2 Å². The molecule has 1 N–H and O–H groups in total. The standard InChI is InChI=1S/C19H18FN3O3S/c1-25-15-7-9-16(10-8-15)27-11-3-6-17(24)21-19-23-22-18(26-19)13-4-2-5-14(20)12-13/h2,4-5,7-10,12H,3,6,11H2,1H3,(H,21,23,24). The van der Waals surface area contributed by atoms with Crippen LogP contribution < -0.4 is 10.1 Å². The fraction of sp³-hybridized carbons (Fsp3) is 0.211. The predicted molar refractivity (Wildman–Crippen MR) is 101 cm³/mol. The van der Waals surface area contributed by atoms with Crippen molar-refractivity contribution in [3.63, 3.8) is 0 Å². The molecule has 8 heteroatoms. The lowest BCUT2D eigenvalue weighted by molar-refractivity contribution is -0.116. The van der Waals surface area contributed by atoms with E-state index in [2.05, 4.69) is 15.5 Å². The van der Waals surface area contributed by atoms with E-state index in [-0.39, 0.29) is 17.8 Å². The minimum Gasteiger partial charge on any atom is -0.497 e. The molecular formula is C19H18FN3O3S. The second-order valence-corrected chi connectivity index (χ2v) is 6.77. The third-order valence-electron chi connectivity index (χ3n) is 3.62. The first-order chi connectivity index (χ1) is 13.1. The van der Waals surface area contributed by atoms with E-state index in [9.17, 15) is 9.18 Å².